The van der Waals surface area contributed by atoms with E-state index in [0.29, 0.717) is 25.5 Å². The predicted octanol–water partition coefficient (Wildman–Crippen LogP) is 4.70. The molecule has 1 aliphatic rings. The summed E-state index contributed by atoms with van der Waals surface area (Å²) in [6.07, 6.45) is 3.25. The molecule has 1 aromatic heterocycles. The van der Waals surface area contributed by atoms with Crippen molar-refractivity contribution in [2.24, 2.45) is 0 Å². The van der Waals surface area contributed by atoms with E-state index in [9.17, 15) is 4.79 Å². The third-order valence-corrected chi connectivity index (χ3v) is 5.48. The number of hydrogen-bond donors (Lipinski definition) is 1. The summed E-state index contributed by atoms with van der Waals surface area (Å²) in [6, 6.07) is 16.3. The number of carbonyl (C=O) groups excluding carboxylic acids is 1. The van der Waals surface area contributed by atoms with Gasteiger partial charge < -0.3 is 14.6 Å². The highest BCUT2D eigenvalue weighted by Crippen LogP contribution is 2.33. The van der Waals surface area contributed by atoms with Gasteiger partial charge in [0, 0.05) is 36.7 Å². The number of amides is 1. The molecule has 3 aromatic rings. The highest BCUT2D eigenvalue weighted by atomic mass is 16.5. The summed E-state index contributed by atoms with van der Waals surface area (Å²) in [7, 11) is 0. The van der Waals surface area contributed by atoms with Crippen molar-refractivity contribution in [1.29, 1.82) is 0 Å². The van der Waals surface area contributed by atoms with Crippen molar-refractivity contribution in [1.82, 2.24) is 9.55 Å². The second-order valence-electron chi connectivity index (χ2n) is 7.71. The van der Waals surface area contributed by atoms with Gasteiger partial charge in [0.2, 0.25) is 5.91 Å². The van der Waals surface area contributed by atoms with Crippen molar-refractivity contribution in [2.45, 2.75) is 39.2 Å². The molecule has 0 bridgehead atoms. The van der Waals surface area contributed by atoms with Gasteiger partial charge >= 0.3 is 0 Å². The second-order valence-corrected chi connectivity index (χ2v) is 7.71. The zero-order chi connectivity index (χ0) is 20.2. The topological polar surface area (TPSA) is 56.2 Å². The van der Waals surface area contributed by atoms with Crippen LogP contribution in [0.1, 0.15) is 35.6 Å². The number of nitrogens with one attached hydrogen (secondary N) is 1. The van der Waals surface area contributed by atoms with Gasteiger partial charge in [-0.15, -0.1) is 0 Å². The molecule has 1 atom stereocenters. The number of benzene rings is 2. The number of aryl methyl sites for hydroxylation is 3. The first-order valence-corrected chi connectivity index (χ1v) is 10.2. The van der Waals surface area contributed by atoms with Crippen LogP contribution in [0.4, 0.5) is 5.69 Å². The van der Waals surface area contributed by atoms with Crippen LogP contribution in [-0.2, 0) is 16.1 Å². The average Bonchev–Trinajstić information content (AvgIpc) is 3.38. The van der Waals surface area contributed by atoms with E-state index in [2.05, 4.69) is 35.0 Å². The summed E-state index contributed by atoms with van der Waals surface area (Å²) in [5.74, 6) is 0.329. The van der Waals surface area contributed by atoms with Crippen LogP contribution in [0.3, 0.4) is 0 Å². The number of imidazole rings is 1. The van der Waals surface area contributed by atoms with Crippen molar-refractivity contribution in [3.8, 4) is 11.3 Å². The van der Waals surface area contributed by atoms with Crippen LogP contribution in [0.15, 0.2) is 54.9 Å². The van der Waals surface area contributed by atoms with Crippen LogP contribution in [0.2, 0.25) is 0 Å². The molecule has 1 saturated heterocycles. The molecule has 5 nitrogen and oxygen atoms in total. The number of anilines is 1. The van der Waals surface area contributed by atoms with Gasteiger partial charge in [0.1, 0.15) is 0 Å². The number of rotatable bonds is 6. The lowest BCUT2D eigenvalue weighted by Crippen LogP contribution is -2.17. The zero-order valence-electron chi connectivity index (χ0n) is 17.0. The summed E-state index contributed by atoms with van der Waals surface area (Å²) in [4.78, 5) is 17.3. The molecule has 0 aliphatic carbocycles. The minimum atomic E-state index is 0.0144. The zero-order valence-corrected chi connectivity index (χ0v) is 17.0. The first-order chi connectivity index (χ1) is 14.1. The van der Waals surface area contributed by atoms with E-state index >= 15 is 0 Å². The van der Waals surface area contributed by atoms with Crippen LogP contribution in [-0.4, -0.2) is 28.7 Å². The summed E-state index contributed by atoms with van der Waals surface area (Å²) >= 11 is 0. The van der Waals surface area contributed by atoms with E-state index in [1.54, 1.807) is 0 Å². The molecule has 0 unspecified atom stereocenters. The molecule has 0 radical (unpaired) electrons. The molecule has 2 aromatic carbocycles. The van der Waals surface area contributed by atoms with E-state index < -0.39 is 0 Å². The highest BCUT2D eigenvalue weighted by Gasteiger charge is 2.26. The van der Waals surface area contributed by atoms with Crippen molar-refractivity contribution in [3.63, 3.8) is 0 Å². The average molecular weight is 389 g/mol. The smallest absolute Gasteiger partial charge is 0.226 e. The molecular formula is C24H27N3O2. The van der Waals surface area contributed by atoms with Gasteiger partial charge in [-0.1, -0.05) is 48.0 Å². The minimum absolute atomic E-state index is 0.0144. The molecule has 150 valence electrons. The molecule has 29 heavy (non-hydrogen) atoms. The third-order valence-electron chi connectivity index (χ3n) is 5.48. The van der Waals surface area contributed by atoms with Crippen LogP contribution in [0.25, 0.3) is 11.3 Å². The summed E-state index contributed by atoms with van der Waals surface area (Å²) in [5.41, 5.74) is 6.42. The Balaban J connectivity index is 1.51. The Morgan fingerprint density at radius 1 is 1.21 bits per heavy atom. The molecule has 1 N–H and O–H groups in total. The van der Waals surface area contributed by atoms with Crippen molar-refractivity contribution < 1.29 is 9.53 Å². The fourth-order valence-electron chi connectivity index (χ4n) is 3.95. The Bertz CT molecular complexity index is 989. The summed E-state index contributed by atoms with van der Waals surface area (Å²) in [5, 5.41) is 3.04. The maximum absolute atomic E-state index is 12.6. The van der Waals surface area contributed by atoms with Crippen molar-refractivity contribution in [2.75, 3.05) is 18.5 Å². The van der Waals surface area contributed by atoms with Crippen molar-refractivity contribution >= 4 is 11.6 Å². The van der Waals surface area contributed by atoms with Gasteiger partial charge in [-0.25, -0.2) is 4.98 Å². The van der Waals surface area contributed by atoms with E-state index in [0.717, 1.165) is 35.5 Å². The lowest BCUT2D eigenvalue weighted by atomic mass is 9.99. The molecule has 1 aliphatic heterocycles. The standard InChI is InChI=1S/C24H27N3O2/c1-17-8-9-21(18(2)14-17)26-22(28)10-12-27-16-25-23(19-6-4-3-5-7-19)24(27)20-11-13-29-15-20/h3-9,14,16,20H,10-13,15H2,1-2H3,(H,26,28)/t20-/m1/s1. The third kappa shape index (κ3) is 4.40. The Labute approximate surface area is 171 Å². The van der Waals surface area contributed by atoms with Gasteiger partial charge in [-0.3, -0.25) is 4.79 Å². The Morgan fingerprint density at radius 3 is 2.76 bits per heavy atom. The lowest BCUT2D eigenvalue weighted by Gasteiger charge is -2.15. The monoisotopic (exact) mass is 389 g/mol. The van der Waals surface area contributed by atoms with Crippen LogP contribution in [0.5, 0.6) is 0 Å². The first kappa shape index (κ1) is 19.4. The lowest BCUT2D eigenvalue weighted by molar-refractivity contribution is -0.116. The number of carbonyl (C=O) groups is 1. The molecule has 2 heterocycles. The first-order valence-electron chi connectivity index (χ1n) is 10.2. The van der Waals surface area contributed by atoms with E-state index in [4.69, 9.17) is 9.72 Å². The molecule has 1 fully saturated rings. The van der Waals surface area contributed by atoms with Gasteiger partial charge in [0.25, 0.3) is 0 Å². The predicted molar refractivity (Wildman–Crippen MR) is 115 cm³/mol. The van der Waals surface area contributed by atoms with Crippen molar-refractivity contribution in [3.05, 3.63) is 71.7 Å². The minimum Gasteiger partial charge on any atom is -0.381 e. The fourth-order valence-corrected chi connectivity index (χ4v) is 3.95. The van der Waals surface area contributed by atoms with Crippen LogP contribution < -0.4 is 5.32 Å². The van der Waals surface area contributed by atoms with E-state index in [1.807, 2.05) is 43.6 Å². The highest BCUT2D eigenvalue weighted by molar-refractivity contribution is 5.91. The molecular weight excluding hydrogens is 362 g/mol. The van der Waals surface area contributed by atoms with Gasteiger partial charge in [-0.2, -0.15) is 0 Å². The number of hydrogen-bond acceptors (Lipinski definition) is 3. The normalized spacial score (nSPS) is 16.1. The molecule has 5 heteroatoms. The van der Waals surface area contributed by atoms with Gasteiger partial charge in [0.15, 0.2) is 0 Å². The number of aromatic nitrogens is 2. The van der Waals surface area contributed by atoms with Gasteiger partial charge in [-0.05, 0) is 31.9 Å². The number of nitrogens with zero attached hydrogens (tertiary/aromatic N) is 2. The summed E-state index contributed by atoms with van der Waals surface area (Å²) < 4.78 is 7.76. The molecule has 0 saturated carbocycles. The number of ether oxygens (including phenoxy) is 1. The van der Waals surface area contributed by atoms with Crippen LogP contribution in [0, 0.1) is 13.8 Å². The fraction of sp³-hybridized carbons (Fsp3) is 0.333. The second kappa shape index (κ2) is 8.62. The molecule has 1 amide bonds. The van der Waals surface area contributed by atoms with Crippen LogP contribution >= 0.6 is 0 Å². The van der Waals surface area contributed by atoms with E-state index in [-0.39, 0.29) is 5.91 Å². The quantitative estimate of drug-likeness (QED) is 0.665. The maximum atomic E-state index is 12.6. The van der Waals surface area contributed by atoms with Gasteiger partial charge in [0.05, 0.1) is 24.3 Å². The largest absolute Gasteiger partial charge is 0.381 e. The Morgan fingerprint density at radius 2 is 2.03 bits per heavy atom. The Kier molecular flexibility index (Phi) is 5.76. The SMILES string of the molecule is Cc1ccc(NC(=O)CCn2cnc(-c3ccccc3)c2[C@@H]2CCOC2)c(C)c1. The maximum Gasteiger partial charge on any atom is 0.226 e. The molecule has 4 rings (SSSR count). The molecule has 0 spiro atoms. The van der Waals surface area contributed by atoms with E-state index in [1.165, 1.54) is 11.3 Å². The Hall–Kier alpha value is -2.92. The summed E-state index contributed by atoms with van der Waals surface area (Å²) in [6.45, 7) is 6.15.